The molecule has 0 aliphatic carbocycles. The number of rotatable bonds is 2. The van der Waals surface area contributed by atoms with Gasteiger partial charge in [-0.15, -0.1) is 0 Å². The highest BCUT2D eigenvalue weighted by molar-refractivity contribution is 7.89. The van der Waals surface area contributed by atoms with Gasteiger partial charge >= 0.3 is 0 Å². The van der Waals surface area contributed by atoms with E-state index < -0.39 is 10.0 Å². The quantitative estimate of drug-likeness (QED) is 0.796. The van der Waals surface area contributed by atoms with Crippen LogP contribution in [0.3, 0.4) is 0 Å². The molecule has 1 aromatic rings. The molecular formula is C11H17N3O2S. The van der Waals surface area contributed by atoms with E-state index in [-0.39, 0.29) is 6.04 Å². The van der Waals surface area contributed by atoms with Crippen molar-refractivity contribution in [1.29, 1.82) is 0 Å². The standard InChI is InChI=1S/C11H17N3O2S/c1-8-11-6-13-4-9(11)7-14(8)17(15,16)10-2-3-12-5-10/h2-3,5,8-9,11-13H,4,6-7H2,1H3. The number of sulfonamides is 1. The van der Waals surface area contributed by atoms with Crippen molar-refractivity contribution >= 4 is 10.0 Å². The highest BCUT2D eigenvalue weighted by Crippen LogP contribution is 2.35. The van der Waals surface area contributed by atoms with Crippen molar-refractivity contribution in [3.63, 3.8) is 0 Å². The van der Waals surface area contributed by atoms with Crippen molar-refractivity contribution in [2.75, 3.05) is 19.6 Å². The molecule has 17 heavy (non-hydrogen) atoms. The van der Waals surface area contributed by atoms with Crippen LogP contribution in [0.2, 0.25) is 0 Å². The van der Waals surface area contributed by atoms with Crippen LogP contribution >= 0.6 is 0 Å². The maximum absolute atomic E-state index is 12.4. The molecule has 2 fully saturated rings. The lowest BCUT2D eigenvalue weighted by atomic mass is 9.95. The third-order valence-electron chi connectivity index (χ3n) is 4.06. The molecule has 0 saturated carbocycles. The Morgan fingerprint density at radius 2 is 2.24 bits per heavy atom. The lowest BCUT2D eigenvalue weighted by molar-refractivity contribution is 0.360. The molecule has 0 spiro atoms. The second-order valence-electron chi connectivity index (χ2n) is 4.94. The molecule has 0 aromatic carbocycles. The highest BCUT2D eigenvalue weighted by Gasteiger charge is 2.46. The van der Waals surface area contributed by atoms with Crippen molar-refractivity contribution in [1.82, 2.24) is 14.6 Å². The Kier molecular flexibility index (Phi) is 2.53. The van der Waals surface area contributed by atoms with Crippen LogP contribution in [-0.2, 0) is 10.0 Å². The van der Waals surface area contributed by atoms with Crippen LogP contribution in [0.25, 0.3) is 0 Å². The van der Waals surface area contributed by atoms with E-state index in [0.29, 0.717) is 23.3 Å². The third-order valence-corrected chi connectivity index (χ3v) is 6.01. The van der Waals surface area contributed by atoms with Crippen LogP contribution in [0.5, 0.6) is 0 Å². The average molecular weight is 255 g/mol. The van der Waals surface area contributed by atoms with Gasteiger partial charge in [-0.25, -0.2) is 8.42 Å². The molecule has 2 aliphatic heterocycles. The molecule has 3 unspecified atom stereocenters. The van der Waals surface area contributed by atoms with Gasteiger partial charge in [-0.2, -0.15) is 4.31 Å². The highest BCUT2D eigenvalue weighted by atomic mass is 32.2. The van der Waals surface area contributed by atoms with Crippen LogP contribution in [0.15, 0.2) is 23.4 Å². The van der Waals surface area contributed by atoms with Gasteiger partial charge in [0.05, 0.1) is 4.90 Å². The van der Waals surface area contributed by atoms with Crippen molar-refractivity contribution in [2.24, 2.45) is 11.8 Å². The minimum Gasteiger partial charge on any atom is -0.366 e. The summed E-state index contributed by atoms with van der Waals surface area (Å²) in [5.41, 5.74) is 0. The monoisotopic (exact) mass is 255 g/mol. The van der Waals surface area contributed by atoms with E-state index in [1.54, 1.807) is 22.8 Å². The van der Waals surface area contributed by atoms with E-state index in [2.05, 4.69) is 10.3 Å². The molecule has 0 bridgehead atoms. The van der Waals surface area contributed by atoms with Gasteiger partial charge in [0.15, 0.2) is 0 Å². The maximum atomic E-state index is 12.4. The fourth-order valence-electron chi connectivity index (χ4n) is 3.05. The Hall–Kier alpha value is -0.850. The molecule has 0 radical (unpaired) electrons. The molecule has 3 atom stereocenters. The molecule has 3 heterocycles. The Morgan fingerprint density at radius 1 is 1.41 bits per heavy atom. The third kappa shape index (κ3) is 1.63. The summed E-state index contributed by atoms with van der Waals surface area (Å²) in [5, 5.41) is 3.33. The molecule has 2 saturated heterocycles. The second kappa shape index (κ2) is 3.83. The summed E-state index contributed by atoms with van der Waals surface area (Å²) < 4.78 is 26.5. The normalized spacial score (nSPS) is 34.1. The Bertz CT molecular complexity index is 497. The van der Waals surface area contributed by atoms with Gasteiger partial charge in [-0.1, -0.05) is 0 Å². The Morgan fingerprint density at radius 3 is 2.88 bits per heavy atom. The molecule has 2 N–H and O–H groups in total. The molecule has 6 heteroatoms. The topological polar surface area (TPSA) is 65.2 Å². The van der Waals surface area contributed by atoms with Gasteiger partial charge in [0, 0.05) is 25.0 Å². The number of H-pyrrole nitrogens is 1. The molecule has 5 nitrogen and oxygen atoms in total. The van der Waals surface area contributed by atoms with Crippen LogP contribution in [0, 0.1) is 11.8 Å². The predicted octanol–water partition coefficient (Wildman–Crippen LogP) is 0.243. The molecule has 3 rings (SSSR count). The zero-order valence-electron chi connectivity index (χ0n) is 9.76. The number of hydrogen-bond donors (Lipinski definition) is 2. The zero-order valence-corrected chi connectivity index (χ0v) is 10.6. The average Bonchev–Trinajstić information content (AvgIpc) is 2.96. The first-order valence-electron chi connectivity index (χ1n) is 5.96. The predicted molar refractivity (Wildman–Crippen MR) is 64.0 cm³/mol. The van der Waals surface area contributed by atoms with Crippen molar-refractivity contribution in [3.05, 3.63) is 18.5 Å². The van der Waals surface area contributed by atoms with Gasteiger partial charge < -0.3 is 10.3 Å². The van der Waals surface area contributed by atoms with E-state index in [1.807, 2.05) is 6.92 Å². The van der Waals surface area contributed by atoms with Crippen LogP contribution in [-0.4, -0.2) is 43.4 Å². The van der Waals surface area contributed by atoms with Gasteiger partial charge in [0.2, 0.25) is 10.0 Å². The van der Waals surface area contributed by atoms with Gasteiger partial charge in [-0.05, 0) is 37.9 Å². The smallest absolute Gasteiger partial charge is 0.244 e. The molecule has 1 aromatic heterocycles. The van der Waals surface area contributed by atoms with Crippen molar-refractivity contribution < 1.29 is 8.42 Å². The first-order valence-corrected chi connectivity index (χ1v) is 7.40. The summed E-state index contributed by atoms with van der Waals surface area (Å²) in [4.78, 5) is 3.18. The fourth-order valence-corrected chi connectivity index (χ4v) is 4.76. The molecular weight excluding hydrogens is 238 g/mol. The first kappa shape index (κ1) is 11.3. The largest absolute Gasteiger partial charge is 0.366 e. The minimum atomic E-state index is -3.31. The number of hydrogen-bond acceptors (Lipinski definition) is 3. The SMILES string of the molecule is CC1C2CNCC2CN1S(=O)(=O)c1cc[nH]c1. The summed E-state index contributed by atoms with van der Waals surface area (Å²) in [6.45, 7) is 4.54. The van der Waals surface area contributed by atoms with Crippen molar-refractivity contribution in [2.45, 2.75) is 17.9 Å². The first-order chi connectivity index (χ1) is 8.10. The second-order valence-corrected chi connectivity index (χ2v) is 6.83. The van der Waals surface area contributed by atoms with E-state index in [4.69, 9.17) is 0 Å². The Labute approximate surface area is 101 Å². The molecule has 2 aliphatic rings. The lowest BCUT2D eigenvalue weighted by Gasteiger charge is -2.23. The Balaban J connectivity index is 1.91. The fraction of sp³-hybridized carbons (Fsp3) is 0.636. The lowest BCUT2D eigenvalue weighted by Crippen LogP contribution is -2.37. The summed E-state index contributed by atoms with van der Waals surface area (Å²) in [6.07, 6.45) is 3.20. The van der Waals surface area contributed by atoms with Gasteiger partial charge in [-0.3, -0.25) is 0 Å². The number of aromatic nitrogens is 1. The van der Waals surface area contributed by atoms with E-state index in [9.17, 15) is 8.42 Å². The summed E-state index contributed by atoms with van der Waals surface area (Å²) in [5.74, 6) is 0.933. The van der Waals surface area contributed by atoms with E-state index >= 15 is 0 Å². The molecule has 94 valence electrons. The number of nitrogens with one attached hydrogen (secondary N) is 2. The molecule has 0 amide bonds. The number of fused-ring (bicyclic) bond motifs is 1. The van der Waals surface area contributed by atoms with Crippen molar-refractivity contribution in [3.8, 4) is 0 Å². The number of nitrogens with zero attached hydrogens (tertiary/aromatic N) is 1. The van der Waals surface area contributed by atoms with E-state index in [1.165, 1.54) is 0 Å². The van der Waals surface area contributed by atoms with Crippen LogP contribution < -0.4 is 5.32 Å². The van der Waals surface area contributed by atoms with Crippen LogP contribution in [0.1, 0.15) is 6.92 Å². The van der Waals surface area contributed by atoms with Gasteiger partial charge in [0.25, 0.3) is 0 Å². The maximum Gasteiger partial charge on any atom is 0.244 e. The number of aromatic amines is 1. The van der Waals surface area contributed by atoms with Crippen LogP contribution in [0.4, 0.5) is 0 Å². The summed E-state index contributed by atoms with van der Waals surface area (Å²) in [6, 6.07) is 1.71. The minimum absolute atomic E-state index is 0.0925. The van der Waals surface area contributed by atoms with Gasteiger partial charge in [0.1, 0.15) is 0 Å². The summed E-state index contributed by atoms with van der Waals surface area (Å²) >= 11 is 0. The zero-order chi connectivity index (χ0) is 12.0. The summed E-state index contributed by atoms with van der Waals surface area (Å²) in [7, 11) is -3.31. The van der Waals surface area contributed by atoms with E-state index in [0.717, 1.165) is 13.1 Å².